The first-order chi connectivity index (χ1) is 9.08. The molecular weight excluding hydrogens is 250 g/mol. The van der Waals surface area contributed by atoms with E-state index in [9.17, 15) is 9.59 Å². The Morgan fingerprint density at radius 1 is 1.42 bits per heavy atom. The third-order valence-electron chi connectivity index (χ3n) is 2.82. The lowest BCUT2D eigenvalue weighted by Crippen LogP contribution is -2.16. The van der Waals surface area contributed by atoms with Crippen LogP contribution >= 0.6 is 0 Å². The maximum Gasteiger partial charge on any atom is 0.511 e. The van der Waals surface area contributed by atoms with Gasteiger partial charge in [0.25, 0.3) is 5.56 Å². The summed E-state index contributed by atoms with van der Waals surface area (Å²) in [5.41, 5.74) is 0.336. The van der Waals surface area contributed by atoms with E-state index in [0.29, 0.717) is 28.6 Å². The molecule has 6 nitrogen and oxygen atoms in total. The number of H-pyrrole nitrogens is 1. The molecule has 2 rings (SSSR count). The number of carbonyl (C=O) groups is 1. The van der Waals surface area contributed by atoms with Crippen LogP contribution in [0.4, 0.5) is 4.79 Å². The summed E-state index contributed by atoms with van der Waals surface area (Å²) in [5, 5.41) is 9.30. The van der Waals surface area contributed by atoms with Crippen molar-refractivity contribution in [2.45, 2.75) is 13.3 Å². The molecule has 0 aliphatic heterocycles. The Bertz CT molecular complexity index is 689. The van der Waals surface area contributed by atoms with Gasteiger partial charge in [-0.2, -0.15) is 0 Å². The Labute approximate surface area is 108 Å². The van der Waals surface area contributed by atoms with E-state index in [1.165, 1.54) is 7.11 Å². The van der Waals surface area contributed by atoms with E-state index in [-0.39, 0.29) is 11.3 Å². The van der Waals surface area contributed by atoms with Crippen LogP contribution in [0.5, 0.6) is 11.5 Å². The molecule has 0 bridgehead atoms. The number of methoxy groups -OCH3 is 1. The van der Waals surface area contributed by atoms with Gasteiger partial charge in [0, 0.05) is 5.39 Å². The molecule has 1 heterocycles. The molecule has 0 radical (unpaired) electrons. The second-order valence-corrected chi connectivity index (χ2v) is 3.87. The minimum atomic E-state index is -1.45. The molecule has 0 aliphatic carbocycles. The van der Waals surface area contributed by atoms with Gasteiger partial charge in [-0.25, -0.2) is 4.79 Å². The number of hydrogen-bond donors (Lipinski definition) is 2. The van der Waals surface area contributed by atoms with Crippen LogP contribution in [0.1, 0.15) is 12.5 Å². The van der Waals surface area contributed by atoms with Crippen molar-refractivity contribution in [3.63, 3.8) is 0 Å². The van der Waals surface area contributed by atoms with Crippen molar-refractivity contribution in [1.82, 2.24) is 4.98 Å². The molecule has 6 heteroatoms. The first-order valence-corrected chi connectivity index (χ1v) is 5.71. The van der Waals surface area contributed by atoms with Gasteiger partial charge in [-0.3, -0.25) is 4.79 Å². The number of aromatic amines is 1. The van der Waals surface area contributed by atoms with Crippen LogP contribution in [0, 0.1) is 0 Å². The summed E-state index contributed by atoms with van der Waals surface area (Å²) < 4.78 is 9.91. The van der Waals surface area contributed by atoms with Crippen molar-refractivity contribution in [1.29, 1.82) is 0 Å². The molecule has 0 saturated heterocycles. The molecule has 0 spiro atoms. The van der Waals surface area contributed by atoms with E-state index in [0.717, 1.165) is 0 Å². The maximum absolute atomic E-state index is 12.0. The molecule has 0 fully saturated rings. The van der Waals surface area contributed by atoms with E-state index >= 15 is 0 Å². The molecule has 2 N–H and O–H groups in total. The predicted molar refractivity (Wildman–Crippen MR) is 69.2 cm³/mol. The number of ether oxygens (including phenoxy) is 2. The summed E-state index contributed by atoms with van der Waals surface area (Å²) in [6, 6.07) is 5.05. The Balaban J connectivity index is 2.87. The number of nitrogens with one attached hydrogen (secondary N) is 1. The Hall–Kier alpha value is -2.50. The molecule has 0 atom stereocenters. The molecule has 100 valence electrons. The van der Waals surface area contributed by atoms with Crippen LogP contribution in [0.15, 0.2) is 23.0 Å². The van der Waals surface area contributed by atoms with Crippen molar-refractivity contribution in [3.05, 3.63) is 34.1 Å². The standard InChI is InChI=1S/C13H13NO5/c1-3-7-11(19-13(16)17)8-5-4-6-9(18-2)10(8)14-12(7)15/h4-6H,3H2,1-2H3,(H,14,15)(H,16,17). The maximum atomic E-state index is 12.0. The number of aromatic nitrogens is 1. The van der Waals surface area contributed by atoms with Crippen LogP contribution in [-0.2, 0) is 6.42 Å². The normalized spacial score (nSPS) is 10.4. The molecule has 0 saturated carbocycles. The third-order valence-corrected chi connectivity index (χ3v) is 2.82. The summed E-state index contributed by atoms with van der Waals surface area (Å²) in [7, 11) is 1.47. The smallest absolute Gasteiger partial charge is 0.495 e. The van der Waals surface area contributed by atoms with Gasteiger partial charge in [0.15, 0.2) is 5.75 Å². The van der Waals surface area contributed by atoms with Crippen molar-refractivity contribution in [3.8, 4) is 11.5 Å². The lowest BCUT2D eigenvalue weighted by atomic mass is 10.1. The average Bonchev–Trinajstić information content (AvgIpc) is 2.37. The lowest BCUT2D eigenvalue weighted by molar-refractivity contribution is 0.144. The van der Waals surface area contributed by atoms with E-state index in [4.69, 9.17) is 14.6 Å². The van der Waals surface area contributed by atoms with Gasteiger partial charge in [-0.1, -0.05) is 13.0 Å². The number of rotatable bonds is 3. The molecule has 0 amide bonds. The summed E-state index contributed by atoms with van der Waals surface area (Å²) >= 11 is 0. The molecule has 1 aromatic carbocycles. The minimum absolute atomic E-state index is 0.0626. The Morgan fingerprint density at radius 2 is 2.16 bits per heavy atom. The van der Waals surface area contributed by atoms with E-state index < -0.39 is 6.16 Å². The van der Waals surface area contributed by atoms with Crippen LogP contribution in [0.3, 0.4) is 0 Å². The fourth-order valence-corrected chi connectivity index (χ4v) is 2.00. The first kappa shape index (κ1) is 12.9. The summed E-state index contributed by atoms with van der Waals surface area (Å²) in [6.45, 7) is 1.76. The quantitative estimate of drug-likeness (QED) is 0.828. The van der Waals surface area contributed by atoms with Gasteiger partial charge in [0.05, 0.1) is 18.2 Å². The Morgan fingerprint density at radius 3 is 2.74 bits per heavy atom. The highest BCUT2D eigenvalue weighted by Gasteiger charge is 2.17. The Kier molecular flexibility index (Phi) is 3.41. The summed E-state index contributed by atoms with van der Waals surface area (Å²) in [5.74, 6) is 0.514. The highest BCUT2D eigenvalue weighted by Crippen LogP contribution is 2.31. The molecular formula is C13H13NO5. The SMILES string of the molecule is CCc1c(OC(=O)O)c2cccc(OC)c2[nH]c1=O. The number of benzene rings is 1. The third kappa shape index (κ3) is 2.24. The van der Waals surface area contributed by atoms with Crippen molar-refractivity contribution in [2.75, 3.05) is 7.11 Å². The van der Waals surface area contributed by atoms with E-state index in [2.05, 4.69) is 4.98 Å². The van der Waals surface area contributed by atoms with Crippen LogP contribution in [0.2, 0.25) is 0 Å². The van der Waals surface area contributed by atoms with Gasteiger partial charge in [0.2, 0.25) is 0 Å². The molecule has 19 heavy (non-hydrogen) atoms. The number of carboxylic acid groups (broad SMARTS) is 1. The van der Waals surface area contributed by atoms with Crippen LogP contribution in [-0.4, -0.2) is 23.4 Å². The van der Waals surface area contributed by atoms with Gasteiger partial charge in [-0.05, 0) is 18.6 Å². The van der Waals surface area contributed by atoms with Crippen molar-refractivity contribution >= 4 is 17.1 Å². The van der Waals surface area contributed by atoms with Crippen LogP contribution in [0.25, 0.3) is 10.9 Å². The monoisotopic (exact) mass is 263 g/mol. The highest BCUT2D eigenvalue weighted by atomic mass is 16.7. The van der Waals surface area contributed by atoms with E-state index in [1.807, 2.05) is 0 Å². The van der Waals surface area contributed by atoms with Gasteiger partial charge in [0.1, 0.15) is 5.75 Å². The second kappa shape index (κ2) is 5.01. The topological polar surface area (TPSA) is 88.6 Å². The van der Waals surface area contributed by atoms with Gasteiger partial charge >= 0.3 is 6.16 Å². The molecule has 0 unspecified atom stereocenters. The zero-order valence-electron chi connectivity index (χ0n) is 10.5. The molecule has 2 aromatic rings. The largest absolute Gasteiger partial charge is 0.511 e. The number of pyridine rings is 1. The number of fused-ring (bicyclic) bond motifs is 1. The van der Waals surface area contributed by atoms with E-state index in [1.54, 1.807) is 25.1 Å². The zero-order chi connectivity index (χ0) is 14.0. The fraction of sp³-hybridized carbons (Fsp3) is 0.231. The number of para-hydroxylation sites is 1. The highest BCUT2D eigenvalue weighted by molar-refractivity contribution is 5.91. The van der Waals surface area contributed by atoms with Crippen LogP contribution < -0.4 is 15.0 Å². The minimum Gasteiger partial charge on any atom is -0.495 e. The zero-order valence-corrected chi connectivity index (χ0v) is 10.5. The second-order valence-electron chi connectivity index (χ2n) is 3.87. The summed E-state index contributed by atoms with van der Waals surface area (Å²) in [6.07, 6.45) is -1.09. The molecule has 1 aromatic heterocycles. The predicted octanol–water partition coefficient (Wildman–Crippen LogP) is 2.16. The average molecular weight is 263 g/mol. The van der Waals surface area contributed by atoms with Crippen molar-refractivity contribution in [2.24, 2.45) is 0 Å². The summed E-state index contributed by atoms with van der Waals surface area (Å²) in [4.78, 5) is 25.4. The lowest BCUT2D eigenvalue weighted by Gasteiger charge is -2.11. The first-order valence-electron chi connectivity index (χ1n) is 5.71. The fourth-order valence-electron chi connectivity index (χ4n) is 2.00. The van der Waals surface area contributed by atoms with Gasteiger partial charge < -0.3 is 19.6 Å². The van der Waals surface area contributed by atoms with Crippen molar-refractivity contribution < 1.29 is 19.4 Å². The van der Waals surface area contributed by atoms with Gasteiger partial charge in [-0.15, -0.1) is 0 Å². The molecule has 0 aliphatic rings. The number of hydrogen-bond acceptors (Lipinski definition) is 4.